The molecule has 2 amide bonds. The number of hydrogen-bond acceptors (Lipinski definition) is 2. The summed E-state index contributed by atoms with van der Waals surface area (Å²) in [5.74, 6) is -0.868. The molecule has 0 atom stereocenters. The van der Waals surface area contributed by atoms with Gasteiger partial charge in [0.1, 0.15) is 5.82 Å². The lowest BCUT2D eigenvalue weighted by Crippen LogP contribution is -2.26. The number of rotatable bonds is 6. The van der Waals surface area contributed by atoms with Crippen molar-refractivity contribution in [2.45, 2.75) is 20.3 Å². The first-order valence-electron chi connectivity index (χ1n) is 9.44. The molecule has 29 heavy (non-hydrogen) atoms. The fourth-order valence-corrected chi connectivity index (χ4v) is 3.06. The van der Waals surface area contributed by atoms with Crippen LogP contribution in [0, 0.1) is 19.7 Å². The van der Waals surface area contributed by atoms with Crippen LogP contribution < -0.4 is 10.6 Å². The number of nitrogens with one attached hydrogen (secondary N) is 2. The van der Waals surface area contributed by atoms with Gasteiger partial charge in [-0.1, -0.05) is 42.0 Å². The molecule has 0 heterocycles. The summed E-state index contributed by atoms with van der Waals surface area (Å²) in [6.45, 7) is 4.23. The van der Waals surface area contributed by atoms with Crippen LogP contribution >= 0.6 is 0 Å². The van der Waals surface area contributed by atoms with Gasteiger partial charge in [0, 0.05) is 23.4 Å². The first-order chi connectivity index (χ1) is 13.9. The minimum Gasteiger partial charge on any atom is -0.352 e. The number of hydrogen-bond donors (Lipinski definition) is 2. The Bertz CT molecular complexity index is 1050. The van der Waals surface area contributed by atoms with E-state index in [4.69, 9.17) is 0 Å². The number of halogens is 1. The van der Waals surface area contributed by atoms with Gasteiger partial charge in [-0.25, -0.2) is 4.39 Å². The summed E-state index contributed by atoms with van der Waals surface area (Å²) in [5.41, 5.74) is 4.16. The van der Waals surface area contributed by atoms with Gasteiger partial charge in [-0.05, 0) is 61.7 Å². The second-order valence-corrected chi connectivity index (χ2v) is 6.95. The molecule has 0 saturated carbocycles. The van der Waals surface area contributed by atoms with Gasteiger partial charge >= 0.3 is 0 Å². The molecule has 3 aromatic rings. The molecule has 0 spiro atoms. The third-order valence-electron chi connectivity index (χ3n) is 4.65. The third kappa shape index (κ3) is 5.29. The van der Waals surface area contributed by atoms with Crippen LogP contribution in [0.25, 0.3) is 0 Å². The van der Waals surface area contributed by atoms with Crippen LogP contribution in [-0.2, 0) is 6.42 Å². The SMILES string of the molecule is Cc1ccc(NC(=O)c2cccc(C(=O)NCCc3ccccc3F)c2)c(C)c1. The fourth-order valence-electron chi connectivity index (χ4n) is 3.06. The fraction of sp³-hybridized carbons (Fsp3) is 0.167. The normalized spacial score (nSPS) is 10.4. The summed E-state index contributed by atoms with van der Waals surface area (Å²) in [5, 5.41) is 5.65. The Morgan fingerprint density at radius 2 is 1.59 bits per heavy atom. The van der Waals surface area contributed by atoms with E-state index in [1.807, 2.05) is 32.0 Å². The van der Waals surface area contributed by atoms with E-state index in [-0.39, 0.29) is 17.6 Å². The lowest BCUT2D eigenvalue weighted by molar-refractivity contribution is 0.0954. The molecule has 0 radical (unpaired) electrons. The standard InChI is InChI=1S/C24H23FN2O2/c1-16-10-11-22(17(2)14-16)27-24(29)20-8-5-7-19(15-20)23(28)26-13-12-18-6-3-4-9-21(18)25/h3-11,14-15H,12-13H2,1-2H3,(H,26,28)(H,27,29). The molecular weight excluding hydrogens is 367 g/mol. The molecule has 2 N–H and O–H groups in total. The van der Waals surface area contributed by atoms with Gasteiger partial charge in [0.25, 0.3) is 11.8 Å². The van der Waals surface area contributed by atoms with Crippen molar-refractivity contribution in [1.29, 1.82) is 0 Å². The van der Waals surface area contributed by atoms with Crippen LogP contribution in [0.3, 0.4) is 0 Å². The number of anilines is 1. The summed E-state index contributed by atoms with van der Waals surface area (Å²) in [7, 11) is 0. The zero-order chi connectivity index (χ0) is 20.8. The summed E-state index contributed by atoms with van der Waals surface area (Å²) in [6, 6.07) is 18.8. The zero-order valence-corrected chi connectivity index (χ0v) is 16.5. The van der Waals surface area contributed by atoms with Crippen LogP contribution in [-0.4, -0.2) is 18.4 Å². The van der Waals surface area contributed by atoms with Gasteiger partial charge in [-0.2, -0.15) is 0 Å². The lowest BCUT2D eigenvalue weighted by atomic mass is 10.1. The Morgan fingerprint density at radius 1 is 0.862 bits per heavy atom. The number of benzene rings is 3. The van der Waals surface area contributed by atoms with Crippen molar-refractivity contribution >= 4 is 17.5 Å². The van der Waals surface area contributed by atoms with Crippen molar-refractivity contribution in [3.05, 3.63) is 100 Å². The number of carbonyl (C=O) groups excluding carboxylic acids is 2. The Kier molecular flexibility index (Phi) is 6.39. The van der Waals surface area contributed by atoms with Gasteiger partial charge in [0.2, 0.25) is 0 Å². The Labute approximate surface area is 169 Å². The maximum atomic E-state index is 13.7. The lowest BCUT2D eigenvalue weighted by Gasteiger charge is -2.10. The quantitative estimate of drug-likeness (QED) is 0.643. The first kappa shape index (κ1) is 20.3. The highest BCUT2D eigenvalue weighted by atomic mass is 19.1. The van der Waals surface area contributed by atoms with E-state index >= 15 is 0 Å². The second kappa shape index (κ2) is 9.15. The number of carbonyl (C=O) groups is 2. The van der Waals surface area contributed by atoms with E-state index in [2.05, 4.69) is 10.6 Å². The average Bonchev–Trinajstić information content (AvgIpc) is 2.71. The molecular formula is C24H23FN2O2. The van der Waals surface area contributed by atoms with E-state index in [1.54, 1.807) is 42.5 Å². The molecule has 0 fully saturated rings. The highest BCUT2D eigenvalue weighted by Crippen LogP contribution is 2.17. The summed E-state index contributed by atoms with van der Waals surface area (Å²) < 4.78 is 13.7. The summed E-state index contributed by atoms with van der Waals surface area (Å²) >= 11 is 0. The van der Waals surface area contributed by atoms with Crippen molar-refractivity contribution in [3.63, 3.8) is 0 Å². The molecule has 148 valence electrons. The molecule has 0 aliphatic rings. The molecule has 3 rings (SSSR count). The first-order valence-corrected chi connectivity index (χ1v) is 9.44. The van der Waals surface area contributed by atoms with E-state index in [9.17, 15) is 14.0 Å². The smallest absolute Gasteiger partial charge is 0.255 e. The second-order valence-electron chi connectivity index (χ2n) is 6.95. The monoisotopic (exact) mass is 390 g/mol. The maximum absolute atomic E-state index is 13.7. The van der Waals surface area contributed by atoms with Crippen LogP contribution in [0.15, 0.2) is 66.7 Å². The molecule has 0 aliphatic carbocycles. The maximum Gasteiger partial charge on any atom is 0.255 e. The highest BCUT2D eigenvalue weighted by molar-refractivity contribution is 6.06. The van der Waals surface area contributed by atoms with Crippen LogP contribution in [0.4, 0.5) is 10.1 Å². The van der Waals surface area contributed by atoms with E-state index in [1.165, 1.54) is 6.07 Å². The number of amides is 2. The Hall–Kier alpha value is -3.47. The molecule has 3 aromatic carbocycles. The van der Waals surface area contributed by atoms with Crippen LogP contribution in [0.1, 0.15) is 37.4 Å². The molecule has 0 saturated heterocycles. The van der Waals surface area contributed by atoms with Crippen molar-refractivity contribution in [2.75, 3.05) is 11.9 Å². The largest absolute Gasteiger partial charge is 0.352 e. The van der Waals surface area contributed by atoms with Crippen LogP contribution in [0.5, 0.6) is 0 Å². The third-order valence-corrected chi connectivity index (χ3v) is 4.65. The minimum absolute atomic E-state index is 0.280. The van der Waals surface area contributed by atoms with Crippen molar-refractivity contribution in [3.8, 4) is 0 Å². The Balaban J connectivity index is 1.63. The summed E-state index contributed by atoms with van der Waals surface area (Å²) in [4.78, 5) is 25.0. The highest BCUT2D eigenvalue weighted by Gasteiger charge is 2.12. The molecule has 5 heteroatoms. The van der Waals surface area contributed by atoms with Crippen molar-refractivity contribution in [1.82, 2.24) is 5.32 Å². The van der Waals surface area contributed by atoms with Gasteiger partial charge in [0.15, 0.2) is 0 Å². The average molecular weight is 390 g/mol. The van der Waals surface area contributed by atoms with Crippen LogP contribution in [0.2, 0.25) is 0 Å². The Morgan fingerprint density at radius 3 is 2.31 bits per heavy atom. The minimum atomic E-state index is -0.303. The predicted octanol–water partition coefficient (Wildman–Crippen LogP) is 4.67. The van der Waals surface area contributed by atoms with Gasteiger partial charge in [0.05, 0.1) is 0 Å². The van der Waals surface area contributed by atoms with Gasteiger partial charge in [-0.3, -0.25) is 9.59 Å². The van der Waals surface area contributed by atoms with E-state index in [0.29, 0.717) is 29.7 Å². The molecule has 0 aromatic heterocycles. The predicted molar refractivity (Wildman–Crippen MR) is 113 cm³/mol. The van der Waals surface area contributed by atoms with E-state index < -0.39 is 0 Å². The topological polar surface area (TPSA) is 58.2 Å². The molecule has 0 aliphatic heterocycles. The molecule has 4 nitrogen and oxygen atoms in total. The summed E-state index contributed by atoms with van der Waals surface area (Å²) in [6.07, 6.45) is 0.394. The van der Waals surface area contributed by atoms with Crippen molar-refractivity contribution in [2.24, 2.45) is 0 Å². The van der Waals surface area contributed by atoms with E-state index in [0.717, 1.165) is 16.8 Å². The molecule has 0 bridgehead atoms. The van der Waals surface area contributed by atoms with Crippen molar-refractivity contribution < 1.29 is 14.0 Å². The zero-order valence-electron chi connectivity index (χ0n) is 16.5. The number of aryl methyl sites for hydroxylation is 2. The van der Waals surface area contributed by atoms with Gasteiger partial charge in [-0.15, -0.1) is 0 Å². The van der Waals surface area contributed by atoms with Gasteiger partial charge < -0.3 is 10.6 Å². The molecule has 0 unspecified atom stereocenters.